The molecule has 1 rings (SSSR count). The van der Waals surface area contributed by atoms with Gasteiger partial charge < -0.3 is 10.2 Å². The Morgan fingerprint density at radius 2 is 2.11 bits per heavy atom. The number of hydrogen-bond acceptors (Lipinski definition) is 3. The second-order valence-corrected chi connectivity index (χ2v) is 2.41. The summed E-state index contributed by atoms with van der Waals surface area (Å²) in [5, 5.41) is 17.7. The summed E-state index contributed by atoms with van der Waals surface area (Å²) in [7, 11) is 0. The van der Waals surface area contributed by atoms with Crippen molar-refractivity contribution in [3.63, 3.8) is 0 Å². The van der Waals surface area contributed by atoms with E-state index in [-0.39, 0.29) is 12.2 Å². The molecule has 0 bridgehead atoms. The van der Waals surface area contributed by atoms with Crippen LogP contribution in [0.1, 0.15) is 19.3 Å². The van der Waals surface area contributed by atoms with Crippen LogP contribution in [0.5, 0.6) is 0 Å². The molecule has 1 saturated carbocycles. The monoisotopic (exact) mass is 130 g/mol. The molecule has 0 spiro atoms. The molecule has 0 aromatic heterocycles. The zero-order valence-electron chi connectivity index (χ0n) is 5.08. The lowest BCUT2D eigenvalue weighted by Crippen LogP contribution is -2.31. The summed E-state index contributed by atoms with van der Waals surface area (Å²) >= 11 is 0. The van der Waals surface area contributed by atoms with Crippen molar-refractivity contribution in [3.8, 4) is 0 Å². The first-order valence-corrected chi connectivity index (χ1v) is 3.09. The summed E-state index contributed by atoms with van der Waals surface area (Å²) in [4.78, 5) is 10.6. The summed E-state index contributed by atoms with van der Waals surface area (Å²) in [6.45, 7) is 0. The molecular weight excluding hydrogens is 120 g/mol. The van der Waals surface area contributed by atoms with Gasteiger partial charge in [0.1, 0.15) is 6.10 Å². The number of aliphatic hydroxyl groups excluding tert-OH is 2. The molecule has 0 aromatic carbocycles. The van der Waals surface area contributed by atoms with E-state index in [1.54, 1.807) is 0 Å². The highest BCUT2D eigenvalue weighted by atomic mass is 16.3. The fourth-order valence-electron chi connectivity index (χ4n) is 0.982. The fraction of sp³-hybridized carbons (Fsp3) is 0.833. The van der Waals surface area contributed by atoms with Gasteiger partial charge in [0, 0.05) is 12.8 Å². The topological polar surface area (TPSA) is 57.5 Å². The average Bonchev–Trinajstić information content (AvgIpc) is 1.80. The first kappa shape index (κ1) is 6.71. The second-order valence-electron chi connectivity index (χ2n) is 2.41. The number of ketones is 1. The van der Waals surface area contributed by atoms with Gasteiger partial charge in [0.05, 0.1) is 6.10 Å². The van der Waals surface area contributed by atoms with E-state index in [4.69, 9.17) is 10.2 Å². The predicted molar refractivity (Wildman–Crippen MR) is 30.9 cm³/mol. The van der Waals surface area contributed by atoms with Gasteiger partial charge in [0.2, 0.25) is 0 Å². The maximum atomic E-state index is 10.6. The van der Waals surface area contributed by atoms with Crippen molar-refractivity contribution in [3.05, 3.63) is 0 Å². The van der Waals surface area contributed by atoms with Crippen molar-refractivity contribution in [1.82, 2.24) is 0 Å². The molecule has 0 aliphatic heterocycles. The van der Waals surface area contributed by atoms with Crippen molar-refractivity contribution in [2.75, 3.05) is 0 Å². The largest absolute Gasteiger partial charge is 0.393 e. The van der Waals surface area contributed by atoms with E-state index < -0.39 is 12.2 Å². The summed E-state index contributed by atoms with van der Waals surface area (Å²) in [5.41, 5.74) is 0. The lowest BCUT2D eigenvalue weighted by atomic mass is 9.94. The highest BCUT2D eigenvalue weighted by Gasteiger charge is 2.24. The molecule has 1 fully saturated rings. The molecule has 0 saturated heterocycles. The Bertz CT molecular complexity index is 121. The molecule has 1 aliphatic carbocycles. The molecule has 0 heterocycles. The molecule has 3 heteroatoms. The van der Waals surface area contributed by atoms with Crippen LogP contribution in [0.3, 0.4) is 0 Å². The van der Waals surface area contributed by atoms with Crippen LogP contribution < -0.4 is 0 Å². The van der Waals surface area contributed by atoms with Crippen LogP contribution in [0.2, 0.25) is 0 Å². The van der Waals surface area contributed by atoms with E-state index >= 15 is 0 Å². The first-order valence-electron chi connectivity index (χ1n) is 3.09. The molecule has 9 heavy (non-hydrogen) atoms. The summed E-state index contributed by atoms with van der Waals surface area (Å²) in [6.07, 6.45) is -0.330. The van der Waals surface area contributed by atoms with E-state index in [9.17, 15) is 4.79 Å². The second kappa shape index (κ2) is 2.45. The number of carbonyl (C=O) groups is 1. The smallest absolute Gasteiger partial charge is 0.161 e. The Labute approximate surface area is 53.3 Å². The minimum absolute atomic E-state index is 0.139. The maximum Gasteiger partial charge on any atom is 0.161 e. The van der Waals surface area contributed by atoms with Gasteiger partial charge in [0.25, 0.3) is 0 Å². The summed E-state index contributed by atoms with van der Waals surface area (Å²) < 4.78 is 0. The molecule has 0 aromatic rings. The zero-order valence-corrected chi connectivity index (χ0v) is 5.08. The van der Waals surface area contributed by atoms with E-state index in [1.165, 1.54) is 0 Å². The lowest BCUT2D eigenvalue weighted by Gasteiger charge is -2.19. The predicted octanol–water partition coefficient (Wildman–Crippen LogP) is -0.539. The van der Waals surface area contributed by atoms with Crippen LogP contribution >= 0.6 is 0 Å². The van der Waals surface area contributed by atoms with Crippen molar-refractivity contribution in [2.24, 2.45) is 0 Å². The van der Waals surface area contributed by atoms with Crippen LogP contribution in [0.15, 0.2) is 0 Å². The van der Waals surface area contributed by atoms with Crippen LogP contribution in [0.4, 0.5) is 0 Å². The first-order chi connectivity index (χ1) is 4.20. The molecular formula is C6H10O3. The molecule has 1 aliphatic rings. The number of carbonyl (C=O) groups excluding carboxylic acids is 1. The molecule has 2 atom stereocenters. The van der Waals surface area contributed by atoms with Gasteiger partial charge in [-0.1, -0.05) is 0 Å². The van der Waals surface area contributed by atoms with Gasteiger partial charge in [-0.3, -0.25) is 4.79 Å². The Balaban J connectivity index is 2.44. The van der Waals surface area contributed by atoms with Crippen molar-refractivity contribution in [2.45, 2.75) is 31.5 Å². The molecule has 52 valence electrons. The Morgan fingerprint density at radius 1 is 1.44 bits per heavy atom. The van der Waals surface area contributed by atoms with Crippen LogP contribution in [-0.2, 0) is 4.79 Å². The van der Waals surface area contributed by atoms with Crippen LogP contribution in [-0.4, -0.2) is 28.2 Å². The summed E-state index contributed by atoms with van der Waals surface area (Å²) in [6, 6.07) is 0. The molecule has 0 amide bonds. The maximum absolute atomic E-state index is 10.6. The molecule has 0 radical (unpaired) electrons. The Kier molecular flexibility index (Phi) is 1.83. The Morgan fingerprint density at radius 3 is 2.56 bits per heavy atom. The van der Waals surface area contributed by atoms with E-state index in [2.05, 4.69) is 0 Å². The minimum Gasteiger partial charge on any atom is -0.393 e. The number of Topliss-reactive ketones (excluding diaryl/α,β-unsaturated/α-hetero) is 1. The van der Waals surface area contributed by atoms with Gasteiger partial charge in [-0.2, -0.15) is 0 Å². The average molecular weight is 130 g/mol. The van der Waals surface area contributed by atoms with Crippen LogP contribution in [0, 0.1) is 0 Å². The third-order valence-electron chi connectivity index (χ3n) is 1.59. The van der Waals surface area contributed by atoms with E-state index in [1.807, 2.05) is 0 Å². The number of rotatable bonds is 0. The van der Waals surface area contributed by atoms with Crippen molar-refractivity contribution in [1.29, 1.82) is 0 Å². The van der Waals surface area contributed by atoms with E-state index in [0.29, 0.717) is 12.8 Å². The van der Waals surface area contributed by atoms with Gasteiger partial charge in [-0.25, -0.2) is 0 Å². The third kappa shape index (κ3) is 1.50. The lowest BCUT2D eigenvalue weighted by molar-refractivity contribution is -0.132. The number of hydrogen-bond donors (Lipinski definition) is 2. The fourth-order valence-corrected chi connectivity index (χ4v) is 0.982. The molecule has 3 nitrogen and oxygen atoms in total. The summed E-state index contributed by atoms with van der Waals surface area (Å²) in [5.74, 6) is -0.139. The number of aliphatic hydroxyl groups is 2. The normalized spacial score (nSPS) is 36.9. The molecule has 2 N–H and O–H groups in total. The van der Waals surface area contributed by atoms with Gasteiger partial charge in [-0.15, -0.1) is 0 Å². The highest BCUT2D eigenvalue weighted by molar-refractivity contribution is 5.83. The zero-order chi connectivity index (χ0) is 6.85. The van der Waals surface area contributed by atoms with Gasteiger partial charge in [0.15, 0.2) is 5.78 Å². The van der Waals surface area contributed by atoms with Gasteiger partial charge in [-0.05, 0) is 6.42 Å². The standard InChI is InChI=1S/C6H10O3/c7-4-1-2-5(8)6(9)3-4/h4,6-7,9H,1-3H2/t4-,6-/m0/s1. The van der Waals surface area contributed by atoms with Crippen LogP contribution in [0.25, 0.3) is 0 Å². The molecule has 0 unspecified atom stereocenters. The van der Waals surface area contributed by atoms with Crippen molar-refractivity contribution < 1.29 is 15.0 Å². The quantitative estimate of drug-likeness (QED) is 0.463. The Hall–Kier alpha value is -0.410. The third-order valence-corrected chi connectivity index (χ3v) is 1.59. The minimum atomic E-state index is -0.909. The SMILES string of the molecule is O=C1CC[C@H](O)C[C@@H]1O. The van der Waals surface area contributed by atoms with Gasteiger partial charge >= 0.3 is 0 Å². The van der Waals surface area contributed by atoms with E-state index in [0.717, 1.165) is 0 Å². The highest BCUT2D eigenvalue weighted by Crippen LogP contribution is 2.14. The van der Waals surface area contributed by atoms with Crippen molar-refractivity contribution >= 4 is 5.78 Å².